The molecule has 176 valence electrons. The van der Waals surface area contributed by atoms with Crippen molar-refractivity contribution >= 4 is 54.9 Å². The predicted molar refractivity (Wildman–Crippen MR) is 133 cm³/mol. The van der Waals surface area contributed by atoms with E-state index in [1.807, 2.05) is 24.3 Å². The van der Waals surface area contributed by atoms with Crippen molar-refractivity contribution in [3.05, 3.63) is 64.7 Å². The van der Waals surface area contributed by atoms with Gasteiger partial charge in [-0.25, -0.2) is 23.2 Å². The van der Waals surface area contributed by atoms with Gasteiger partial charge in [-0.05, 0) is 43.7 Å². The number of carbonyl (C=O) groups is 1. The third-order valence-corrected chi connectivity index (χ3v) is 7.07. The van der Waals surface area contributed by atoms with Gasteiger partial charge in [0.2, 0.25) is 5.95 Å². The monoisotopic (exact) mass is 497 g/mol. The molecule has 2 N–H and O–H groups in total. The Hall–Kier alpha value is -3.57. The Labute approximate surface area is 201 Å². The molecule has 11 heteroatoms. The summed E-state index contributed by atoms with van der Waals surface area (Å²) in [7, 11) is -3.24. The van der Waals surface area contributed by atoms with Crippen molar-refractivity contribution in [1.29, 1.82) is 0 Å². The first-order chi connectivity index (χ1) is 16.2. The topological polar surface area (TPSA) is 123 Å². The maximum atomic E-state index is 12.1. The molecule has 9 nitrogen and oxygen atoms in total. The minimum Gasteiger partial charge on any atom is -0.462 e. The fraction of sp³-hybridized carbons (Fsp3) is 0.217. The van der Waals surface area contributed by atoms with Crippen LogP contribution in [0.25, 0.3) is 10.9 Å². The lowest BCUT2D eigenvalue weighted by Gasteiger charge is -2.11. The molecule has 2 heterocycles. The zero-order chi connectivity index (χ0) is 24.3. The van der Waals surface area contributed by atoms with Gasteiger partial charge in [0, 0.05) is 18.2 Å². The van der Waals surface area contributed by atoms with Crippen LogP contribution in [0.15, 0.2) is 53.4 Å². The summed E-state index contributed by atoms with van der Waals surface area (Å²) < 4.78 is 28.4. The number of aromatic nitrogens is 3. The number of thiazole rings is 1. The molecule has 0 radical (unpaired) electrons. The van der Waals surface area contributed by atoms with E-state index < -0.39 is 15.8 Å². The number of ether oxygens (including phenoxy) is 1. The average Bonchev–Trinajstić information content (AvgIpc) is 3.17. The summed E-state index contributed by atoms with van der Waals surface area (Å²) >= 11 is 1.18. The molecule has 4 aromatic rings. The summed E-state index contributed by atoms with van der Waals surface area (Å²) in [6.45, 7) is 4.23. The number of hydrogen-bond acceptors (Lipinski definition) is 10. The predicted octanol–water partition coefficient (Wildman–Crippen LogP) is 4.33. The van der Waals surface area contributed by atoms with Crippen molar-refractivity contribution in [2.45, 2.75) is 25.3 Å². The number of para-hydroxylation sites is 1. The lowest BCUT2D eigenvalue weighted by molar-refractivity contribution is 0.0531. The summed E-state index contributed by atoms with van der Waals surface area (Å²) in [4.78, 5) is 26.4. The van der Waals surface area contributed by atoms with E-state index in [0.717, 1.165) is 16.5 Å². The van der Waals surface area contributed by atoms with Crippen LogP contribution >= 0.6 is 11.3 Å². The molecule has 0 amide bonds. The van der Waals surface area contributed by atoms with Crippen LogP contribution in [-0.4, -0.2) is 42.2 Å². The number of sulfone groups is 1. The van der Waals surface area contributed by atoms with Gasteiger partial charge in [-0.2, -0.15) is 4.98 Å². The third-order valence-electron chi connectivity index (χ3n) is 4.89. The number of esters is 1. The lowest BCUT2D eigenvalue weighted by Crippen LogP contribution is -2.06. The molecule has 2 aromatic heterocycles. The van der Waals surface area contributed by atoms with E-state index >= 15 is 0 Å². The Morgan fingerprint density at radius 3 is 2.50 bits per heavy atom. The highest BCUT2D eigenvalue weighted by Crippen LogP contribution is 2.28. The zero-order valence-corrected chi connectivity index (χ0v) is 20.5. The first-order valence-electron chi connectivity index (χ1n) is 10.5. The van der Waals surface area contributed by atoms with Crippen molar-refractivity contribution in [2.75, 3.05) is 23.5 Å². The number of aryl methyl sites for hydroxylation is 1. The highest BCUT2D eigenvalue weighted by molar-refractivity contribution is 7.90. The summed E-state index contributed by atoms with van der Waals surface area (Å²) in [5.74, 6) is 0.534. The van der Waals surface area contributed by atoms with Gasteiger partial charge < -0.3 is 10.1 Å². The maximum Gasteiger partial charge on any atom is 0.350 e. The molecule has 0 saturated heterocycles. The fourth-order valence-electron chi connectivity index (χ4n) is 3.24. The number of nitrogens with one attached hydrogen (secondary N) is 2. The van der Waals surface area contributed by atoms with Gasteiger partial charge in [-0.1, -0.05) is 35.6 Å². The van der Waals surface area contributed by atoms with Crippen LogP contribution in [-0.2, 0) is 21.1 Å². The maximum absolute atomic E-state index is 12.1. The molecule has 0 atom stereocenters. The summed E-state index contributed by atoms with van der Waals surface area (Å²) in [5, 5.41) is 7.72. The highest BCUT2D eigenvalue weighted by Gasteiger charge is 2.17. The SMILES string of the molecule is CCOC(=O)c1sc(Nc2nc(NCc3ccc(S(C)(=O)=O)cc3)c3ccccc3n2)nc1C. The van der Waals surface area contributed by atoms with Crippen LogP contribution in [0.2, 0.25) is 0 Å². The van der Waals surface area contributed by atoms with E-state index in [1.54, 1.807) is 38.1 Å². The highest BCUT2D eigenvalue weighted by atomic mass is 32.2. The Bertz CT molecular complexity index is 1450. The lowest BCUT2D eigenvalue weighted by atomic mass is 10.2. The number of hydrogen-bond donors (Lipinski definition) is 2. The van der Waals surface area contributed by atoms with E-state index in [4.69, 9.17) is 4.74 Å². The molecule has 0 spiro atoms. The molecule has 2 aromatic carbocycles. The van der Waals surface area contributed by atoms with Crippen molar-refractivity contribution in [3.63, 3.8) is 0 Å². The molecule has 0 fully saturated rings. The minimum atomic E-state index is -3.24. The smallest absolute Gasteiger partial charge is 0.350 e. The quantitative estimate of drug-likeness (QED) is 0.342. The van der Waals surface area contributed by atoms with E-state index in [-0.39, 0.29) is 4.90 Å². The molecule has 0 unspecified atom stereocenters. The number of anilines is 3. The second-order valence-electron chi connectivity index (χ2n) is 7.46. The largest absolute Gasteiger partial charge is 0.462 e. The number of carbonyl (C=O) groups excluding carboxylic acids is 1. The summed E-state index contributed by atoms with van der Waals surface area (Å²) in [6, 6.07) is 14.3. The van der Waals surface area contributed by atoms with Crippen molar-refractivity contribution < 1.29 is 17.9 Å². The number of benzene rings is 2. The van der Waals surface area contributed by atoms with Crippen LogP contribution < -0.4 is 10.6 Å². The summed E-state index contributed by atoms with van der Waals surface area (Å²) in [6.07, 6.45) is 1.18. The Morgan fingerprint density at radius 2 is 1.79 bits per heavy atom. The molecule has 34 heavy (non-hydrogen) atoms. The number of rotatable bonds is 8. The van der Waals surface area contributed by atoms with Crippen molar-refractivity contribution in [3.8, 4) is 0 Å². The van der Waals surface area contributed by atoms with Gasteiger partial charge >= 0.3 is 5.97 Å². The second kappa shape index (κ2) is 9.74. The zero-order valence-electron chi connectivity index (χ0n) is 18.8. The third kappa shape index (κ3) is 5.32. The first-order valence-corrected chi connectivity index (χ1v) is 13.2. The van der Waals surface area contributed by atoms with E-state index in [1.165, 1.54) is 17.6 Å². The summed E-state index contributed by atoms with van der Waals surface area (Å²) in [5.41, 5.74) is 2.20. The van der Waals surface area contributed by atoms with Crippen molar-refractivity contribution in [2.24, 2.45) is 0 Å². The van der Waals surface area contributed by atoms with E-state index in [0.29, 0.717) is 40.6 Å². The minimum absolute atomic E-state index is 0.274. The van der Waals surface area contributed by atoms with Gasteiger partial charge in [-0.3, -0.25) is 5.32 Å². The van der Waals surface area contributed by atoms with Gasteiger partial charge in [0.05, 0.1) is 22.7 Å². The van der Waals surface area contributed by atoms with E-state index in [2.05, 4.69) is 25.6 Å². The molecule has 0 aliphatic rings. The number of fused-ring (bicyclic) bond motifs is 1. The standard InChI is InChI=1S/C23H23N5O4S2/c1-4-32-21(29)19-14(2)25-23(33-19)28-22-26-18-8-6-5-7-17(18)20(27-22)24-13-15-9-11-16(12-10-15)34(3,30)31/h5-12H,4,13H2,1-3H3,(H2,24,25,26,27,28). The van der Waals surface area contributed by atoms with Crippen LogP contribution in [0.1, 0.15) is 27.9 Å². The molecular weight excluding hydrogens is 474 g/mol. The molecule has 0 saturated carbocycles. The molecule has 0 aliphatic carbocycles. The van der Waals surface area contributed by atoms with E-state index in [9.17, 15) is 13.2 Å². The average molecular weight is 498 g/mol. The second-order valence-corrected chi connectivity index (χ2v) is 10.5. The Balaban J connectivity index is 1.58. The van der Waals surface area contributed by atoms with Gasteiger partial charge in [0.1, 0.15) is 10.7 Å². The van der Waals surface area contributed by atoms with Gasteiger partial charge in [-0.15, -0.1) is 0 Å². The fourth-order valence-corrected chi connectivity index (χ4v) is 4.72. The first kappa shape index (κ1) is 23.6. The normalized spacial score (nSPS) is 11.4. The molecule has 4 rings (SSSR count). The Morgan fingerprint density at radius 1 is 1.06 bits per heavy atom. The molecule has 0 bridgehead atoms. The number of nitrogens with zero attached hydrogens (tertiary/aromatic N) is 3. The van der Waals surface area contributed by atoms with Crippen LogP contribution in [0.3, 0.4) is 0 Å². The van der Waals surface area contributed by atoms with Crippen LogP contribution in [0.5, 0.6) is 0 Å². The molecular formula is C23H23N5O4S2. The Kier molecular flexibility index (Phi) is 6.75. The molecule has 0 aliphatic heterocycles. The van der Waals surface area contributed by atoms with Gasteiger partial charge in [0.25, 0.3) is 0 Å². The van der Waals surface area contributed by atoms with Crippen LogP contribution in [0, 0.1) is 6.92 Å². The van der Waals surface area contributed by atoms with Crippen molar-refractivity contribution in [1.82, 2.24) is 15.0 Å². The van der Waals surface area contributed by atoms with Crippen LogP contribution in [0.4, 0.5) is 16.9 Å². The van der Waals surface area contributed by atoms with Gasteiger partial charge in [0.15, 0.2) is 15.0 Å².